The number of nitro groups is 1. The summed E-state index contributed by atoms with van der Waals surface area (Å²) >= 11 is 0. The van der Waals surface area contributed by atoms with E-state index < -0.39 is 20.6 Å². The summed E-state index contributed by atoms with van der Waals surface area (Å²) in [4.78, 5) is 10.6. The van der Waals surface area contributed by atoms with Gasteiger partial charge in [0.05, 0.1) is 28.8 Å². The number of para-hydroxylation sites is 2. The van der Waals surface area contributed by atoms with Gasteiger partial charge in [-0.05, 0) is 41.1 Å². The molecule has 10 nitrogen and oxygen atoms in total. The number of nitrogens with one attached hydrogen (secondary N) is 2. The van der Waals surface area contributed by atoms with E-state index in [1.165, 1.54) is 37.6 Å². The molecule has 0 bridgehead atoms. The number of aromatic hydroxyl groups is 1. The van der Waals surface area contributed by atoms with Crippen molar-refractivity contribution in [2.75, 3.05) is 17.3 Å². The largest absolute Gasteiger partial charge is 0.507 e. The van der Waals surface area contributed by atoms with Gasteiger partial charge in [0, 0.05) is 11.6 Å². The normalized spacial score (nSPS) is 11.5. The minimum absolute atomic E-state index is 0.00685. The van der Waals surface area contributed by atoms with Crippen LogP contribution >= 0.6 is 0 Å². The molecule has 4 aromatic carbocycles. The maximum absolute atomic E-state index is 12.8. The Balaban J connectivity index is 1.62. The summed E-state index contributed by atoms with van der Waals surface area (Å²) in [6, 6.07) is 20.5. The van der Waals surface area contributed by atoms with Gasteiger partial charge in [-0.2, -0.15) is 5.10 Å². The van der Waals surface area contributed by atoms with Gasteiger partial charge < -0.3 is 9.84 Å². The lowest BCUT2D eigenvalue weighted by atomic mass is 10.0. The molecule has 4 rings (SSSR count). The molecule has 11 heteroatoms. The van der Waals surface area contributed by atoms with Crippen molar-refractivity contribution >= 4 is 44.1 Å². The highest BCUT2D eigenvalue weighted by Crippen LogP contribution is 2.31. The number of methoxy groups -OCH3 is 1. The number of phenolic OH excluding ortho intramolecular Hbond substituents is 1. The van der Waals surface area contributed by atoms with E-state index in [1.54, 1.807) is 24.3 Å². The zero-order valence-electron chi connectivity index (χ0n) is 18.4. The second-order valence-corrected chi connectivity index (χ2v) is 9.01. The number of phenols is 1. The van der Waals surface area contributed by atoms with Crippen molar-refractivity contribution in [2.24, 2.45) is 5.10 Å². The smallest absolute Gasteiger partial charge is 0.295 e. The van der Waals surface area contributed by atoms with Crippen LogP contribution in [0.15, 0.2) is 88.9 Å². The number of hydrogen-bond acceptors (Lipinski definition) is 8. The molecule has 178 valence electrons. The van der Waals surface area contributed by atoms with Crippen LogP contribution in [0.2, 0.25) is 0 Å². The molecular weight excluding hydrogens is 472 g/mol. The van der Waals surface area contributed by atoms with Gasteiger partial charge in [-0.15, -0.1) is 0 Å². The van der Waals surface area contributed by atoms with Crippen LogP contribution in [-0.2, 0) is 10.0 Å². The Hall–Kier alpha value is -4.64. The number of nitrogens with zero attached hydrogens (tertiary/aromatic N) is 2. The standard InChI is InChI=1S/C24H20N4O6S/c1-34-24-9-5-4-8-21(24)27-35(32,33)17-11-12-20(22(14-17)28(30)31)26-25-15-19-18-7-3-2-6-16(18)10-13-23(19)29/h2-15,26-27,29H,1H3. The third-order valence-corrected chi connectivity index (χ3v) is 6.52. The highest BCUT2D eigenvalue weighted by Gasteiger charge is 2.22. The van der Waals surface area contributed by atoms with Gasteiger partial charge in [-0.25, -0.2) is 8.42 Å². The number of ether oxygens (including phenoxy) is 1. The zero-order valence-corrected chi connectivity index (χ0v) is 19.2. The van der Waals surface area contributed by atoms with E-state index in [0.717, 1.165) is 16.8 Å². The molecule has 0 aliphatic rings. The van der Waals surface area contributed by atoms with E-state index >= 15 is 0 Å². The second-order valence-electron chi connectivity index (χ2n) is 7.33. The topological polar surface area (TPSA) is 143 Å². The van der Waals surface area contributed by atoms with Crippen molar-refractivity contribution in [3.05, 3.63) is 94.5 Å². The minimum Gasteiger partial charge on any atom is -0.507 e. The average Bonchev–Trinajstić information content (AvgIpc) is 2.85. The molecule has 0 aromatic heterocycles. The van der Waals surface area contributed by atoms with Crippen LogP contribution in [0.4, 0.5) is 17.1 Å². The molecule has 0 aliphatic carbocycles. The highest BCUT2D eigenvalue weighted by atomic mass is 32.2. The van der Waals surface area contributed by atoms with Crippen molar-refractivity contribution in [1.29, 1.82) is 0 Å². The van der Waals surface area contributed by atoms with Crippen molar-refractivity contribution < 1.29 is 23.2 Å². The summed E-state index contributed by atoms with van der Waals surface area (Å²) in [5, 5.41) is 27.5. The second kappa shape index (κ2) is 9.69. The summed E-state index contributed by atoms with van der Waals surface area (Å²) in [6.45, 7) is 0. The number of hydrogen-bond donors (Lipinski definition) is 3. The number of rotatable bonds is 8. The Morgan fingerprint density at radius 1 is 1.00 bits per heavy atom. The van der Waals surface area contributed by atoms with Crippen molar-refractivity contribution in [1.82, 2.24) is 0 Å². The number of anilines is 2. The van der Waals surface area contributed by atoms with Crippen molar-refractivity contribution in [2.45, 2.75) is 4.90 Å². The fraction of sp³-hybridized carbons (Fsp3) is 0.0417. The Labute approximate surface area is 200 Å². The van der Waals surface area contributed by atoms with Gasteiger partial charge in [0.2, 0.25) is 0 Å². The lowest BCUT2D eigenvalue weighted by molar-refractivity contribution is -0.384. The first-order chi connectivity index (χ1) is 16.8. The van der Waals surface area contributed by atoms with Gasteiger partial charge in [-0.1, -0.05) is 42.5 Å². The molecular formula is C24H20N4O6S. The van der Waals surface area contributed by atoms with Crippen molar-refractivity contribution in [3.8, 4) is 11.5 Å². The van der Waals surface area contributed by atoms with Crippen LogP contribution in [0.25, 0.3) is 10.8 Å². The molecule has 4 aromatic rings. The van der Waals surface area contributed by atoms with Crippen LogP contribution in [0.5, 0.6) is 11.5 Å². The van der Waals surface area contributed by atoms with Crippen LogP contribution in [0.3, 0.4) is 0 Å². The zero-order chi connectivity index (χ0) is 25.0. The Morgan fingerprint density at radius 2 is 1.74 bits per heavy atom. The van der Waals surface area contributed by atoms with Gasteiger partial charge in [0.15, 0.2) is 0 Å². The molecule has 0 aliphatic heterocycles. The van der Waals surface area contributed by atoms with Crippen LogP contribution < -0.4 is 14.9 Å². The van der Waals surface area contributed by atoms with Crippen LogP contribution in [-0.4, -0.2) is 31.8 Å². The monoisotopic (exact) mass is 492 g/mol. The number of fused-ring (bicyclic) bond motifs is 1. The fourth-order valence-electron chi connectivity index (χ4n) is 3.44. The minimum atomic E-state index is -4.15. The maximum Gasteiger partial charge on any atom is 0.295 e. The maximum atomic E-state index is 12.8. The van der Waals surface area contributed by atoms with Gasteiger partial charge in [0.25, 0.3) is 15.7 Å². The predicted molar refractivity (Wildman–Crippen MR) is 134 cm³/mol. The van der Waals surface area contributed by atoms with Gasteiger partial charge in [-0.3, -0.25) is 20.3 Å². The third-order valence-electron chi connectivity index (χ3n) is 5.15. The average molecular weight is 493 g/mol. The molecule has 0 atom stereocenters. The summed E-state index contributed by atoms with van der Waals surface area (Å²) in [5.74, 6) is 0.294. The number of sulfonamides is 1. The number of benzene rings is 4. The quantitative estimate of drug-likeness (QED) is 0.184. The summed E-state index contributed by atoms with van der Waals surface area (Å²) < 4.78 is 33.2. The van der Waals surface area contributed by atoms with E-state index in [4.69, 9.17) is 4.74 Å². The van der Waals surface area contributed by atoms with E-state index in [9.17, 15) is 23.6 Å². The van der Waals surface area contributed by atoms with Crippen molar-refractivity contribution in [3.63, 3.8) is 0 Å². The van der Waals surface area contributed by atoms with E-state index in [1.807, 2.05) is 24.3 Å². The molecule has 0 saturated heterocycles. The molecule has 0 radical (unpaired) electrons. The summed E-state index contributed by atoms with van der Waals surface area (Å²) in [7, 11) is -2.75. The summed E-state index contributed by atoms with van der Waals surface area (Å²) in [6.07, 6.45) is 1.34. The lowest BCUT2D eigenvalue weighted by Gasteiger charge is -2.12. The number of hydrazone groups is 1. The number of nitro benzene ring substituents is 1. The van der Waals surface area contributed by atoms with Crippen LogP contribution in [0, 0.1) is 10.1 Å². The molecule has 0 heterocycles. The fourth-order valence-corrected chi connectivity index (χ4v) is 4.53. The Morgan fingerprint density at radius 3 is 2.51 bits per heavy atom. The van der Waals surface area contributed by atoms with E-state index in [2.05, 4.69) is 15.2 Å². The summed E-state index contributed by atoms with van der Waals surface area (Å²) in [5.41, 5.74) is 2.67. The van der Waals surface area contributed by atoms with Gasteiger partial charge >= 0.3 is 0 Å². The lowest BCUT2D eigenvalue weighted by Crippen LogP contribution is -2.14. The predicted octanol–water partition coefficient (Wildman–Crippen LogP) is 4.71. The van der Waals surface area contributed by atoms with E-state index in [0.29, 0.717) is 11.3 Å². The molecule has 0 fully saturated rings. The molecule has 0 spiro atoms. The molecule has 0 unspecified atom stereocenters. The molecule has 0 saturated carbocycles. The third kappa shape index (κ3) is 4.99. The Bertz CT molecular complexity index is 1550. The first-order valence-corrected chi connectivity index (χ1v) is 11.7. The highest BCUT2D eigenvalue weighted by molar-refractivity contribution is 7.92. The van der Waals surface area contributed by atoms with Gasteiger partial charge in [0.1, 0.15) is 17.2 Å². The molecule has 0 amide bonds. The van der Waals surface area contributed by atoms with Crippen LogP contribution in [0.1, 0.15) is 5.56 Å². The first kappa shape index (κ1) is 23.5. The SMILES string of the molecule is COc1ccccc1NS(=O)(=O)c1ccc(NN=Cc2c(O)ccc3ccccc23)c([N+](=O)[O-])c1. The first-order valence-electron chi connectivity index (χ1n) is 10.2. The Kier molecular flexibility index (Phi) is 6.51. The van der Waals surface area contributed by atoms with E-state index in [-0.39, 0.29) is 22.0 Å². The molecule has 3 N–H and O–H groups in total. The molecule has 35 heavy (non-hydrogen) atoms.